The molecule has 0 aliphatic rings. The van der Waals surface area contributed by atoms with E-state index in [2.05, 4.69) is 4.72 Å². The van der Waals surface area contributed by atoms with Gasteiger partial charge in [-0.3, -0.25) is 0 Å². The van der Waals surface area contributed by atoms with Gasteiger partial charge in [0.25, 0.3) is 0 Å². The lowest BCUT2D eigenvalue weighted by Crippen LogP contribution is -2.36. The zero-order valence-electron chi connectivity index (χ0n) is 10.8. The highest BCUT2D eigenvalue weighted by atomic mass is 127. The summed E-state index contributed by atoms with van der Waals surface area (Å²) in [6.45, 7) is 5.58. The molecule has 0 aliphatic heterocycles. The fourth-order valence-corrected chi connectivity index (χ4v) is 3.27. The molecule has 0 aliphatic carbocycles. The van der Waals surface area contributed by atoms with Crippen molar-refractivity contribution in [3.05, 3.63) is 27.3 Å². The number of carboxylic acid groups (broad SMARTS) is 1. The van der Waals surface area contributed by atoms with Crippen LogP contribution in [-0.2, 0) is 10.0 Å². The van der Waals surface area contributed by atoms with Crippen molar-refractivity contribution in [3.8, 4) is 0 Å². The molecule has 0 heterocycles. The van der Waals surface area contributed by atoms with Crippen LogP contribution in [0.1, 0.15) is 31.1 Å². The van der Waals surface area contributed by atoms with E-state index in [1.165, 1.54) is 18.2 Å². The molecule has 5 nitrogen and oxygen atoms in total. The third-order valence-corrected chi connectivity index (χ3v) is 5.32. The van der Waals surface area contributed by atoms with Crippen molar-refractivity contribution in [3.63, 3.8) is 0 Å². The van der Waals surface area contributed by atoms with Crippen LogP contribution in [0.15, 0.2) is 23.1 Å². The van der Waals surface area contributed by atoms with Crippen LogP contribution in [0.5, 0.6) is 0 Å². The fraction of sp³-hybridized carbons (Fsp3) is 0.417. The van der Waals surface area contributed by atoms with Gasteiger partial charge < -0.3 is 5.11 Å². The monoisotopic (exact) mass is 397 g/mol. The van der Waals surface area contributed by atoms with Crippen LogP contribution in [0, 0.1) is 9.49 Å². The highest BCUT2D eigenvalue weighted by Crippen LogP contribution is 2.18. The molecule has 0 amide bonds. The summed E-state index contributed by atoms with van der Waals surface area (Å²) in [6, 6.07) is 3.85. The first kappa shape index (κ1) is 16.4. The van der Waals surface area contributed by atoms with E-state index in [1.807, 2.05) is 36.4 Å². The van der Waals surface area contributed by atoms with Gasteiger partial charge in [0, 0.05) is 9.61 Å². The maximum atomic E-state index is 12.1. The van der Waals surface area contributed by atoms with Crippen LogP contribution in [0.3, 0.4) is 0 Å². The number of halogens is 1. The second-order valence-corrected chi connectivity index (χ2v) is 7.48. The molecule has 106 valence electrons. The lowest BCUT2D eigenvalue weighted by molar-refractivity contribution is 0.0695. The summed E-state index contributed by atoms with van der Waals surface area (Å²) >= 11 is 1.86. The highest BCUT2D eigenvalue weighted by Gasteiger charge is 2.21. The summed E-state index contributed by atoms with van der Waals surface area (Å²) in [5.74, 6) is -0.990. The van der Waals surface area contributed by atoms with Crippen molar-refractivity contribution in [2.24, 2.45) is 5.92 Å². The molecule has 0 aromatic heterocycles. The first-order chi connectivity index (χ1) is 8.65. The zero-order chi connectivity index (χ0) is 14.8. The Balaban J connectivity index is 3.16. The van der Waals surface area contributed by atoms with E-state index in [4.69, 9.17) is 5.11 Å². The molecular weight excluding hydrogens is 381 g/mol. The standard InChI is InChI=1S/C12H16INO4S/c1-7(2)8(3)14-19(17,18)9-4-5-11(13)10(6-9)12(15)16/h4-8,14H,1-3H3,(H,15,16). The number of hydrogen-bond donors (Lipinski definition) is 2. The van der Waals surface area contributed by atoms with Crippen molar-refractivity contribution in [1.82, 2.24) is 4.72 Å². The minimum atomic E-state index is -3.69. The summed E-state index contributed by atoms with van der Waals surface area (Å²) in [4.78, 5) is 11.0. The van der Waals surface area contributed by atoms with Crippen LogP contribution < -0.4 is 4.72 Å². The number of sulfonamides is 1. The molecule has 0 fully saturated rings. The van der Waals surface area contributed by atoms with E-state index < -0.39 is 16.0 Å². The second-order valence-electron chi connectivity index (χ2n) is 4.60. The van der Waals surface area contributed by atoms with Crippen molar-refractivity contribution >= 4 is 38.6 Å². The summed E-state index contributed by atoms with van der Waals surface area (Å²) in [5.41, 5.74) is -0.0133. The molecular formula is C12H16INO4S. The van der Waals surface area contributed by atoms with E-state index in [9.17, 15) is 13.2 Å². The topological polar surface area (TPSA) is 83.5 Å². The summed E-state index contributed by atoms with van der Waals surface area (Å²) in [7, 11) is -3.69. The molecule has 0 saturated heterocycles. The van der Waals surface area contributed by atoms with Crippen molar-refractivity contribution < 1.29 is 18.3 Å². The number of aromatic carboxylic acids is 1. The summed E-state index contributed by atoms with van der Waals surface area (Å²) in [5, 5.41) is 9.01. The minimum Gasteiger partial charge on any atom is -0.478 e. The molecule has 0 bridgehead atoms. The number of rotatable bonds is 5. The van der Waals surface area contributed by atoms with Gasteiger partial charge in [0.05, 0.1) is 10.5 Å². The average molecular weight is 397 g/mol. The van der Waals surface area contributed by atoms with Crippen molar-refractivity contribution in [1.29, 1.82) is 0 Å². The molecule has 1 atom stereocenters. The van der Waals surface area contributed by atoms with Crippen molar-refractivity contribution in [2.45, 2.75) is 31.7 Å². The largest absolute Gasteiger partial charge is 0.478 e. The third kappa shape index (κ3) is 4.15. The quantitative estimate of drug-likeness (QED) is 0.748. The predicted molar refractivity (Wildman–Crippen MR) is 80.7 cm³/mol. The SMILES string of the molecule is CC(C)C(C)NS(=O)(=O)c1ccc(I)c(C(=O)O)c1. The van der Waals surface area contributed by atoms with E-state index in [0.717, 1.165) is 0 Å². The average Bonchev–Trinajstić information content (AvgIpc) is 2.27. The first-order valence-corrected chi connectivity index (χ1v) is 8.26. The molecule has 7 heteroatoms. The molecule has 0 radical (unpaired) electrons. The smallest absolute Gasteiger partial charge is 0.336 e. The maximum absolute atomic E-state index is 12.1. The van der Waals surface area contributed by atoms with Gasteiger partial charge in [-0.05, 0) is 53.6 Å². The fourth-order valence-electron chi connectivity index (χ4n) is 1.28. The zero-order valence-corrected chi connectivity index (χ0v) is 13.8. The number of nitrogens with one attached hydrogen (secondary N) is 1. The molecule has 1 aromatic carbocycles. The Labute approximate surface area is 126 Å². The van der Waals surface area contributed by atoms with E-state index in [0.29, 0.717) is 3.57 Å². The first-order valence-electron chi connectivity index (χ1n) is 5.70. The van der Waals surface area contributed by atoms with Crippen LogP contribution in [0.4, 0.5) is 0 Å². The van der Waals surface area contributed by atoms with Crippen LogP contribution in [0.2, 0.25) is 0 Å². The molecule has 0 saturated carbocycles. The van der Waals surface area contributed by atoms with E-state index >= 15 is 0 Å². The number of hydrogen-bond acceptors (Lipinski definition) is 3. The van der Waals surface area contributed by atoms with Gasteiger partial charge in [0.15, 0.2) is 0 Å². The normalized spacial score (nSPS) is 13.5. The predicted octanol–water partition coefficient (Wildman–Crippen LogP) is 2.31. The number of carboxylic acids is 1. The van der Waals surface area contributed by atoms with E-state index in [-0.39, 0.29) is 22.4 Å². The van der Waals surface area contributed by atoms with Crippen LogP contribution in [0.25, 0.3) is 0 Å². The third-order valence-electron chi connectivity index (χ3n) is 2.82. The Hall–Kier alpha value is -0.670. The van der Waals surface area contributed by atoms with Gasteiger partial charge in [-0.2, -0.15) is 0 Å². The van der Waals surface area contributed by atoms with Gasteiger partial charge in [-0.25, -0.2) is 17.9 Å². The minimum absolute atomic E-state index is 0.0133. The van der Waals surface area contributed by atoms with Gasteiger partial charge in [-0.15, -0.1) is 0 Å². The number of carbonyl (C=O) groups is 1. The second kappa shape index (κ2) is 6.19. The maximum Gasteiger partial charge on any atom is 0.336 e. The molecule has 2 N–H and O–H groups in total. The lowest BCUT2D eigenvalue weighted by atomic mass is 10.1. The van der Waals surface area contributed by atoms with Crippen LogP contribution in [-0.4, -0.2) is 25.5 Å². The molecule has 1 rings (SSSR count). The lowest BCUT2D eigenvalue weighted by Gasteiger charge is -2.17. The van der Waals surface area contributed by atoms with Crippen molar-refractivity contribution in [2.75, 3.05) is 0 Å². The Morgan fingerprint density at radius 3 is 2.37 bits per heavy atom. The Kier molecular flexibility index (Phi) is 5.34. The van der Waals surface area contributed by atoms with E-state index in [1.54, 1.807) is 6.92 Å². The summed E-state index contributed by atoms with van der Waals surface area (Å²) < 4.78 is 27.3. The molecule has 1 unspecified atom stereocenters. The molecule has 0 spiro atoms. The molecule has 1 aromatic rings. The van der Waals surface area contributed by atoms with Gasteiger partial charge in [-0.1, -0.05) is 13.8 Å². The Morgan fingerprint density at radius 1 is 1.32 bits per heavy atom. The Morgan fingerprint density at radius 2 is 1.89 bits per heavy atom. The van der Waals surface area contributed by atoms with Gasteiger partial charge >= 0.3 is 5.97 Å². The highest BCUT2D eigenvalue weighted by molar-refractivity contribution is 14.1. The molecule has 19 heavy (non-hydrogen) atoms. The van der Waals surface area contributed by atoms with Crippen LogP contribution >= 0.6 is 22.6 Å². The van der Waals surface area contributed by atoms with Gasteiger partial charge in [0.1, 0.15) is 0 Å². The number of benzene rings is 1. The van der Waals surface area contributed by atoms with Gasteiger partial charge in [0.2, 0.25) is 10.0 Å². The Bertz CT molecular complexity index is 583. The summed E-state index contributed by atoms with van der Waals surface area (Å²) in [6.07, 6.45) is 0.